The lowest BCUT2D eigenvalue weighted by atomic mass is 10.1. The minimum absolute atomic E-state index is 0.279. The van der Waals surface area contributed by atoms with Crippen LogP contribution in [0.1, 0.15) is 5.56 Å². The lowest BCUT2D eigenvalue weighted by Gasteiger charge is -2.03. The normalized spacial score (nSPS) is 10.9. The molecular weight excluding hydrogens is 214 g/mol. The van der Waals surface area contributed by atoms with Gasteiger partial charge in [-0.1, -0.05) is 6.07 Å². The van der Waals surface area contributed by atoms with Gasteiger partial charge in [-0.05, 0) is 24.6 Å². The summed E-state index contributed by atoms with van der Waals surface area (Å²) in [5, 5.41) is 4.28. The Morgan fingerprint density at radius 1 is 1.24 bits per heavy atom. The highest BCUT2D eigenvalue weighted by molar-refractivity contribution is 5.79. The van der Waals surface area contributed by atoms with Crippen molar-refractivity contribution in [1.82, 2.24) is 19.6 Å². The minimum Gasteiger partial charge on any atom is -0.368 e. The van der Waals surface area contributed by atoms with Gasteiger partial charge >= 0.3 is 0 Å². The highest BCUT2D eigenvalue weighted by Gasteiger charge is 2.10. The number of aryl methyl sites for hydroxylation is 1. The van der Waals surface area contributed by atoms with Crippen LogP contribution < -0.4 is 5.73 Å². The predicted octanol–water partition coefficient (Wildman–Crippen LogP) is 1.68. The van der Waals surface area contributed by atoms with Crippen LogP contribution in [0, 0.1) is 6.92 Å². The fourth-order valence-corrected chi connectivity index (χ4v) is 1.85. The monoisotopic (exact) mass is 225 g/mol. The maximum Gasteiger partial charge on any atom is 0.220 e. The topological polar surface area (TPSA) is 69.1 Å². The summed E-state index contributed by atoms with van der Waals surface area (Å²) in [5.41, 5.74) is 9.42. The van der Waals surface area contributed by atoms with Crippen LogP contribution in [0.25, 0.3) is 16.8 Å². The number of anilines is 1. The van der Waals surface area contributed by atoms with E-state index < -0.39 is 0 Å². The largest absolute Gasteiger partial charge is 0.368 e. The van der Waals surface area contributed by atoms with Crippen molar-refractivity contribution in [3.05, 3.63) is 42.4 Å². The summed E-state index contributed by atoms with van der Waals surface area (Å²) in [6.45, 7) is 1.96. The fourth-order valence-electron chi connectivity index (χ4n) is 1.85. The maximum absolute atomic E-state index is 5.63. The molecule has 2 N–H and O–H groups in total. The van der Waals surface area contributed by atoms with Crippen molar-refractivity contribution in [1.29, 1.82) is 0 Å². The first-order valence-electron chi connectivity index (χ1n) is 5.27. The number of hydrogen-bond acceptors (Lipinski definition) is 4. The standard InChI is InChI=1S/C12H11N5/c1-8-6-14-12(13)16-11(8)9-7-15-17-5-3-2-4-10(9)17/h2-7H,1H3,(H2,13,14,16). The molecule has 5 nitrogen and oxygen atoms in total. The number of aromatic nitrogens is 4. The van der Waals surface area contributed by atoms with Crippen molar-refractivity contribution in [2.75, 3.05) is 5.73 Å². The second kappa shape index (κ2) is 3.55. The molecule has 3 heterocycles. The zero-order valence-electron chi connectivity index (χ0n) is 9.33. The van der Waals surface area contributed by atoms with Gasteiger partial charge in [0.1, 0.15) is 0 Å². The molecule has 0 amide bonds. The van der Waals surface area contributed by atoms with E-state index in [2.05, 4.69) is 15.1 Å². The van der Waals surface area contributed by atoms with E-state index in [0.717, 1.165) is 22.3 Å². The van der Waals surface area contributed by atoms with Crippen LogP contribution in [0.15, 0.2) is 36.8 Å². The number of nitrogens with two attached hydrogens (primary N) is 1. The van der Waals surface area contributed by atoms with E-state index >= 15 is 0 Å². The van der Waals surface area contributed by atoms with E-state index in [0.29, 0.717) is 0 Å². The Hall–Kier alpha value is -2.43. The van der Waals surface area contributed by atoms with E-state index in [1.807, 2.05) is 35.8 Å². The average Bonchev–Trinajstić information content (AvgIpc) is 2.76. The van der Waals surface area contributed by atoms with E-state index in [9.17, 15) is 0 Å². The molecule has 0 aliphatic carbocycles. The molecule has 0 fully saturated rings. The second-order valence-corrected chi connectivity index (χ2v) is 3.85. The van der Waals surface area contributed by atoms with Gasteiger partial charge in [0, 0.05) is 18.0 Å². The fraction of sp³-hybridized carbons (Fsp3) is 0.0833. The molecule has 5 heteroatoms. The third kappa shape index (κ3) is 1.52. The van der Waals surface area contributed by atoms with Gasteiger partial charge in [0.25, 0.3) is 0 Å². The zero-order chi connectivity index (χ0) is 11.8. The number of fused-ring (bicyclic) bond motifs is 1. The molecule has 0 bridgehead atoms. The summed E-state index contributed by atoms with van der Waals surface area (Å²) < 4.78 is 1.81. The quantitative estimate of drug-likeness (QED) is 0.684. The third-order valence-corrected chi connectivity index (χ3v) is 2.67. The van der Waals surface area contributed by atoms with Crippen LogP contribution >= 0.6 is 0 Å². The van der Waals surface area contributed by atoms with Crippen molar-refractivity contribution in [2.24, 2.45) is 0 Å². The lowest BCUT2D eigenvalue weighted by Crippen LogP contribution is -1.98. The van der Waals surface area contributed by atoms with Gasteiger partial charge in [0.15, 0.2) is 0 Å². The van der Waals surface area contributed by atoms with Crippen molar-refractivity contribution < 1.29 is 0 Å². The van der Waals surface area contributed by atoms with E-state index in [1.54, 1.807) is 12.4 Å². The summed E-state index contributed by atoms with van der Waals surface area (Å²) in [6, 6.07) is 5.91. The second-order valence-electron chi connectivity index (χ2n) is 3.85. The molecular formula is C12H11N5. The van der Waals surface area contributed by atoms with E-state index in [4.69, 9.17) is 5.73 Å². The van der Waals surface area contributed by atoms with Gasteiger partial charge in [-0.3, -0.25) is 0 Å². The Kier molecular flexibility index (Phi) is 2.04. The van der Waals surface area contributed by atoms with Gasteiger partial charge < -0.3 is 5.73 Å². The van der Waals surface area contributed by atoms with Gasteiger partial charge in [-0.15, -0.1) is 0 Å². The molecule has 0 saturated heterocycles. The van der Waals surface area contributed by atoms with Crippen LogP contribution in [0.2, 0.25) is 0 Å². The summed E-state index contributed by atoms with van der Waals surface area (Å²) in [6.07, 6.45) is 5.42. The molecule has 0 aliphatic heterocycles. The minimum atomic E-state index is 0.279. The maximum atomic E-state index is 5.63. The Balaban J connectivity index is 2.31. The molecule has 0 spiro atoms. The van der Waals surface area contributed by atoms with Gasteiger partial charge in [-0.2, -0.15) is 5.10 Å². The van der Waals surface area contributed by atoms with Crippen LogP contribution in [0.3, 0.4) is 0 Å². The average molecular weight is 225 g/mol. The third-order valence-electron chi connectivity index (χ3n) is 2.67. The van der Waals surface area contributed by atoms with Gasteiger partial charge in [-0.25, -0.2) is 14.5 Å². The Bertz CT molecular complexity index is 686. The number of rotatable bonds is 1. The number of hydrogen-bond donors (Lipinski definition) is 1. The van der Waals surface area contributed by atoms with Crippen molar-refractivity contribution in [2.45, 2.75) is 6.92 Å². The number of pyridine rings is 1. The molecule has 0 aromatic carbocycles. The first-order chi connectivity index (χ1) is 8.25. The molecule has 17 heavy (non-hydrogen) atoms. The van der Waals surface area contributed by atoms with Crippen molar-refractivity contribution in [3.8, 4) is 11.3 Å². The molecule has 3 rings (SSSR count). The van der Waals surface area contributed by atoms with Gasteiger partial charge in [0.05, 0.1) is 17.4 Å². The Morgan fingerprint density at radius 3 is 3.00 bits per heavy atom. The van der Waals surface area contributed by atoms with Crippen LogP contribution in [-0.2, 0) is 0 Å². The summed E-state index contributed by atoms with van der Waals surface area (Å²) in [4.78, 5) is 8.25. The molecule has 0 radical (unpaired) electrons. The summed E-state index contributed by atoms with van der Waals surface area (Å²) in [7, 11) is 0. The lowest BCUT2D eigenvalue weighted by molar-refractivity contribution is 0.961. The molecule has 0 saturated carbocycles. The molecule has 0 aliphatic rings. The van der Waals surface area contributed by atoms with Crippen LogP contribution in [0.4, 0.5) is 5.95 Å². The van der Waals surface area contributed by atoms with Crippen LogP contribution in [0.5, 0.6) is 0 Å². The molecule has 84 valence electrons. The molecule has 0 atom stereocenters. The molecule has 3 aromatic heterocycles. The Morgan fingerprint density at radius 2 is 2.12 bits per heavy atom. The highest BCUT2D eigenvalue weighted by atomic mass is 15.2. The first kappa shape index (κ1) is 9.77. The van der Waals surface area contributed by atoms with Gasteiger partial charge in [0.2, 0.25) is 5.95 Å². The zero-order valence-corrected chi connectivity index (χ0v) is 9.33. The van der Waals surface area contributed by atoms with Crippen LogP contribution in [-0.4, -0.2) is 19.6 Å². The summed E-state index contributed by atoms with van der Waals surface area (Å²) >= 11 is 0. The van der Waals surface area contributed by atoms with Crippen molar-refractivity contribution >= 4 is 11.5 Å². The molecule has 0 unspecified atom stereocenters. The van der Waals surface area contributed by atoms with Crippen molar-refractivity contribution in [3.63, 3.8) is 0 Å². The van der Waals surface area contributed by atoms with E-state index in [1.165, 1.54) is 0 Å². The highest BCUT2D eigenvalue weighted by Crippen LogP contribution is 2.25. The first-order valence-corrected chi connectivity index (χ1v) is 5.27. The number of nitrogen functional groups attached to an aromatic ring is 1. The smallest absolute Gasteiger partial charge is 0.220 e. The predicted molar refractivity (Wildman–Crippen MR) is 65.4 cm³/mol. The summed E-state index contributed by atoms with van der Waals surface area (Å²) in [5.74, 6) is 0.279. The SMILES string of the molecule is Cc1cnc(N)nc1-c1cnn2ccccc12. The number of nitrogens with zero attached hydrogens (tertiary/aromatic N) is 4. The Labute approximate surface area is 97.9 Å². The molecule has 3 aromatic rings. The van der Waals surface area contributed by atoms with E-state index in [-0.39, 0.29) is 5.95 Å².